The molecule has 0 aliphatic carbocycles. The molecule has 0 saturated heterocycles. The molecule has 2 atom stereocenters. The lowest BCUT2D eigenvalue weighted by atomic mass is 9.85. The van der Waals surface area contributed by atoms with E-state index in [-0.39, 0.29) is 17.8 Å². The Kier molecular flexibility index (Phi) is 2.54. The Hall–Kier alpha value is -1.64. The van der Waals surface area contributed by atoms with Gasteiger partial charge in [0.1, 0.15) is 5.92 Å². The topological polar surface area (TPSA) is 38.7 Å². The zero-order valence-corrected chi connectivity index (χ0v) is 8.81. The van der Waals surface area contributed by atoms with Gasteiger partial charge in [0, 0.05) is 0 Å². The van der Waals surface area contributed by atoms with Gasteiger partial charge in [-0.15, -0.1) is 0 Å². The summed E-state index contributed by atoms with van der Waals surface area (Å²) in [5.74, 6) is -0.360. The number of carbonyl (C=O) groups is 1. The number of hydrogen-bond acceptors (Lipinski definition) is 3. The predicted molar refractivity (Wildman–Crippen MR) is 57.5 cm³/mol. The molecule has 1 aliphatic rings. The van der Waals surface area contributed by atoms with E-state index in [4.69, 9.17) is 0 Å². The zero-order chi connectivity index (χ0) is 10.8. The van der Waals surface area contributed by atoms with Crippen LogP contribution in [0, 0.1) is 5.92 Å². The molecule has 2 rings (SSSR count). The smallest absolute Gasteiger partial charge is 0.318 e. The Labute approximate surface area is 88.7 Å². The molecular weight excluding hydrogens is 190 g/mol. The first kappa shape index (κ1) is 9.90. The van der Waals surface area contributed by atoms with E-state index in [1.807, 2.05) is 44.2 Å². The van der Waals surface area contributed by atoms with Crippen LogP contribution in [0.4, 0.5) is 0 Å². The third-order valence-electron chi connectivity index (χ3n) is 2.81. The lowest BCUT2D eigenvalue weighted by Gasteiger charge is -2.16. The summed E-state index contributed by atoms with van der Waals surface area (Å²) in [5, 5.41) is 3.71. The normalized spacial score (nSPS) is 22.1. The van der Waals surface area contributed by atoms with Crippen LogP contribution >= 0.6 is 0 Å². The Bertz CT molecular complexity index is 397. The largest absolute Gasteiger partial charge is 0.344 e. The van der Waals surface area contributed by atoms with E-state index in [0.717, 1.165) is 11.3 Å². The number of benzene rings is 1. The van der Waals surface area contributed by atoms with Crippen LogP contribution in [0.2, 0.25) is 0 Å². The Morgan fingerprint density at radius 3 is 2.53 bits per heavy atom. The van der Waals surface area contributed by atoms with Crippen LogP contribution < -0.4 is 0 Å². The highest BCUT2D eigenvalue weighted by molar-refractivity contribution is 6.04. The second-order valence-corrected chi connectivity index (χ2v) is 3.82. The molecule has 1 heterocycles. The second kappa shape index (κ2) is 3.85. The fraction of sp³-hybridized carbons (Fsp3) is 0.333. The summed E-state index contributed by atoms with van der Waals surface area (Å²) in [4.78, 5) is 16.1. The maximum atomic E-state index is 11.5. The summed E-state index contributed by atoms with van der Waals surface area (Å²) in [6, 6.07) is 9.94. The first-order chi connectivity index (χ1) is 7.20. The summed E-state index contributed by atoms with van der Waals surface area (Å²) in [6.45, 7) is 3.85. The van der Waals surface area contributed by atoms with E-state index in [2.05, 4.69) is 9.99 Å². The van der Waals surface area contributed by atoms with Gasteiger partial charge in [0.25, 0.3) is 0 Å². The van der Waals surface area contributed by atoms with Crippen molar-refractivity contribution >= 4 is 11.7 Å². The van der Waals surface area contributed by atoms with Crippen molar-refractivity contribution in [3.63, 3.8) is 0 Å². The minimum atomic E-state index is -0.246. The molecule has 78 valence electrons. The van der Waals surface area contributed by atoms with Gasteiger partial charge in [-0.3, -0.25) is 0 Å². The Balaban J connectivity index is 2.25. The Morgan fingerprint density at radius 1 is 1.33 bits per heavy atom. The third-order valence-corrected chi connectivity index (χ3v) is 2.81. The van der Waals surface area contributed by atoms with E-state index in [1.165, 1.54) is 0 Å². The number of hydrogen-bond donors (Lipinski definition) is 0. The fourth-order valence-electron chi connectivity index (χ4n) is 1.92. The average molecular weight is 203 g/mol. The van der Waals surface area contributed by atoms with Gasteiger partial charge in [0.05, 0.1) is 5.71 Å². The summed E-state index contributed by atoms with van der Waals surface area (Å²) in [5.41, 5.74) is 1.90. The van der Waals surface area contributed by atoms with Crippen LogP contribution in [-0.4, -0.2) is 11.7 Å². The monoisotopic (exact) mass is 203 g/mol. The van der Waals surface area contributed by atoms with E-state index in [0.29, 0.717) is 0 Å². The number of rotatable bonds is 2. The van der Waals surface area contributed by atoms with Crippen molar-refractivity contribution in [2.24, 2.45) is 11.1 Å². The maximum Gasteiger partial charge on any atom is 0.344 e. The van der Waals surface area contributed by atoms with Gasteiger partial charge in [-0.1, -0.05) is 42.4 Å². The number of oxime groups is 1. The van der Waals surface area contributed by atoms with Gasteiger partial charge in [0.2, 0.25) is 0 Å². The molecule has 0 saturated carbocycles. The van der Waals surface area contributed by atoms with E-state index < -0.39 is 0 Å². The molecule has 15 heavy (non-hydrogen) atoms. The molecule has 0 aromatic heterocycles. The van der Waals surface area contributed by atoms with Crippen molar-refractivity contribution in [3.05, 3.63) is 35.9 Å². The molecule has 0 spiro atoms. The van der Waals surface area contributed by atoms with Crippen molar-refractivity contribution in [2.45, 2.75) is 19.8 Å². The highest BCUT2D eigenvalue weighted by atomic mass is 16.7. The van der Waals surface area contributed by atoms with Gasteiger partial charge >= 0.3 is 5.97 Å². The van der Waals surface area contributed by atoms with Crippen LogP contribution in [0.5, 0.6) is 0 Å². The zero-order valence-electron chi connectivity index (χ0n) is 8.81. The van der Waals surface area contributed by atoms with Crippen molar-refractivity contribution in [3.8, 4) is 0 Å². The lowest BCUT2D eigenvalue weighted by molar-refractivity contribution is -0.143. The standard InChI is InChI=1S/C12H13NO2/c1-8(10-6-4-3-5-7-10)11-9(2)13-15-12(11)14/h3-8,11H,1-2H3. The van der Waals surface area contributed by atoms with Crippen molar-refractivity contribution in [1.29, 1.82) is 0 Å². The van der Waals surface area contributed by atoms with E-state index >= 15 is 0 Å². The first-order valence-electron chi connectivity index (χ1n) is 5.00. The van der Waals surface area contributed by atoms with E-state index in [1.54, 1.807) is 0 Å². The lowest BCUT2D eigenvalue weighted by Crippen LogP contribution is -2.22. The van der Waals surface area contributed by atoms with Crippen LogP contribution in [0.3, 0.4) is 0 Å². The van der Waals surface area contributed by atoms with Gasteiger partial charge in [0.15, 0.2) is 0 Å². The van der Waals surface area contributed by atoms with Crippen LogP contribution in [-0.2, 0) is 9.63 Å². The molecule has 3 nitrogen and oxygen atoms in total. The minimum absolute atomic E-state index is 0.116. The average Bonchev–Trinajstić information content (AvgIpc) is 2.59. The highest BCUT2D eigenvalue weighted by Gasteiger charge is 2.35. The molecule has 0 amide bonds. The van der Waals surface area contributed by atoms with Crippen LogP contribution in [0.25, 0.3) is 0 Å². The third kappa shape index (κ3) is 1.77. The SMILES string of the molecule is CC1=NOC(=O)C1C(C)c1ccccc1. The molecule has 1 aromatic rings. The molecule has 0 radical (unpaired) electrons. The summed E-state index contributed by atoms with van der Waals surface area (Å²) < 4.78 is 0. The van der Waals surface area contributed by atoms with Gasteiger partial charge in [-0.2, -0.15) is 0 Å². The van der Waals surface area contributed by atoms with Gasteiger partial charge in [-0.25, -0.2) is 4.79 Å². The quantitative estimate of drug-likeness (QED) is 0.692. The van der Waals surface area contributed by atoms with Crippen LogP contribution in [0.15, 0.2) is 35.5 Å². The molecule has 0 fully saturated rings. The Morgan fingerprint density at radius 2 is 2.00 bits per heavy atom. The second-order valence-electron chi connectivity index (χ2n) is 3.82. The highest BCUT2D eigenvalue weighted by Crippen LogP contribution is 2.29. The molecular formula is C12H13NO2. The maximum absolute atomic E-state index is 11.5. The van der Waals surface area contributed by atoms with Crippen molar-refractivity contribution in [1.82, 2.24) is 0 Å². The summed E-state index contributed by atoms with van der Waals surface area (Å²) in [7, 11) is 0. The van der Waals surface area contributed by atoms with Crippen molar-refractivity contribution < 1.29 is 9.63 Å². The number of carbonyl (C=O) groups excluding carboxylic acids is 1. The number of nitrogens with zero attached hydrogens (tertiary/aromatic N) is 1. The molecule has 0 N–H and O–H groups in total. The first-order valence-corrected chi connectivity index (χ1v) is 5.00. The fourth-order valence-corrected chi connectivity index (χ4v) is 1.92. The predicted octanol–water partition coefficient (Wildman–Crippen LogP) is 2.34. The van der Waals surface area contributed by atoms with Gasteiger partial charge < -0.3 is 4.84 Å². The molecule has 2 unspecified atom stereocenters. The summed E-state index contributed by atoms with van der Waals surface area (Å²) >= 11 is 0. The van der Waals surface area contributed by atoms with Crippen LogP contribution in [0.1, 0.15) is 25.3 Å². The molecule has 0 bridgehead atoms. The van der Waals surface area contributed by atoms with Gasteiger partial charge in [-0.05, 0) is 18.4 Å². The molecule has 1 aliphatic heterocycles. The van der Waals surface area contributed by atoms with E-state index in [9.17, 15) is 4.79 Å². The van der Waals surface area contributed by atoms with Crippen molar-refractivity contribution in [2.75, 3.05) is 0 Å². The summed E-state index contributed by atoms with van der Waals surface area (Å²) in [6.07, 6.45) is 0. The molecule has 3 heteroatoms. The minimum Gasteiger partial charge on any atom is -0.318 e. The molecule has 1 aromatic carbocycles.